The highest BCUT2D eigenvalue weighted by atomic mass is 19.4. The summed E-state index contributed by atoms with van der Waals surface area (Å²) in [6.07, 6.45) is -2.75. The molecule has 0 radical (unpaired) electrons. The molecule has 1 aliphatic rings. The van der Waals surface area contributed by atoms with Gasteiger partial charge in [-0.2, -0.15) is 13.2 Å². The SMILES string of the molecule is CC(C)(C)OC(=O)N1CCN(C(=O)CNc2ccc(NC(=O)c3ccoc3)cc2C(F)(F)F)CC1. The third-order valence-corrected chi connectivity index (χ3v) is 5.08. The lowest BCUT2D eigenvalue weighted by atomic mass is 10.1. The third-order valence-electron chi connectivity index (χ3n) is 5.08. The number of piperazine rings is 1. The van der Waals surface area contributed by atoms with Crippen molar-refractivity contribution in [2.24, 2.45) is 0 Å². The van der Waals surface area contributed by atoms with Crippen molar-refractivity contribution in [1.29, 1.82) is 0 Å². The number of benzene rings is 1. The van der Waals surface area contributed by atoms with Gasteiger partial charge in [0.2, 0.25) is 5.91 Å². The molecule has 35 heavy (non-hydrogen) atoms. The van der Waals surface area contributed by atoms with Crippen LogP contribution in [0.5, 0.6) is 0 Å². The fourth-order valence-electron chi connectivity index (χ4n) is 3.36. The third kappa shape index (κ3) is 7.14. The van der Waals surface area contributed by atoms with Crippen LogP contribution in [0.1, 0.15) is 36.7 Å². The van der Waals surface area contributed by atoms with Gasteiger partial charge in [-0.25, -0.2) is 4.79 Å². The Kier molecular flexibility index (Phi) is 7.61. The predicted molar refractivity (Wildman–Crippen MR) is 121 cm³/mol. The molecule has 0 spiro atoms. The summed E-state index contributed by atoms with van der Waals surface area (Å²) in [6.45, 7) is 5.91. The quantitative estimate of drug-likeness (QED) is 0.648. The summed E-state index contributed by atoms with van der Waals surface area (Å²) in [6, 6.07) is 4.64. The standard InChI is InChI=1S/C23H27F3N4O5/c1-22(2,3)35-21(33)30-9-7-29(8-10-30)19(31)13-27-18-5-4-16(12-17(18)23(24,25)26)28-20(32)15-6-11-34-14-15/h4-6,11-12,14,27H,7-10,13H2,1-3H3,(H,28,32). The molecule has 1 aromatic carbocycles. The van der Waals surface area contributed by atoms with Gasteiger partial charge in [-0.1, -0.05) is 0 Å². The van der Waals surface area contributed by atoms with E-state index < -0.39 is 35.2 Å². The Balaban J connectivity index is 1.59. The van der Waals surface area contributed by atoms with Crippen LogP contribution in [0.4, 0.5) is 29.3 Å². The van der Waals surface area contributed by atoms with Crippen LogP contribution in [0.25, 0.3) is 0 Å². The number of nitrogens with one attached hydrogen (secondary N) is 2. The summed E-state index contributed by atoms with van der Waals surface area (Å²) in [5, 5.41) is 4.93. The van der Waals surface area contributed by atoms with Crippen molar-refractivity contribution in [3.63, 3.8) is 0 Å². The second kappa shape index (κ2) is 10.3. The zero-order valence-corrected chi connectivity index (χ0v) is 19.6. The summed E-state index contributed by atoms with van der Waals surface area (Å²) < 4.78 is 51.0. The van der Waals surface area contributed by atoms with Crippen molar-refractivity contribution >= 4 is 29.3 Å². The van der Waals surface area contributed by atoms with Crippen LogP contribution in [0, 0.1) is 0 Å². The largest absolute Gasteiger partial charge is 0.472 e. The number of halogens is 3. The van der Waals surface area contributed by atoms with E-state index in [1.807, 2.05) is 0 Å². The Morgan fingerprint density at radius 3 is 2.26 bits per heavy atom. The fraction of sp³-hybridized carbons (Fsp3) is 0.435. The number of carbonyl (C=O) groups is 3. The van der Waals surface area contributed by atoms with E-state index in [1.165, 1.54) is 34.5 Å². The molecule has 9 nitrogen and oxygen atoms in total. The minimum absolute atomic E-state index is 0.0568. The number of hydrogen-bond donors (Lipinski definition) is 2. The van der Waals surface area contributed by atoms with Gasteiger partial charge >= 0.3 is 12.3 Å². The molecule has 1 aromatic heterocycles. The Bertz CT molecular complexity index is 1060. The van der Waals surface area contributed by atoms with Crippen molar-refractivity contribution in [2.75, 3.05) is 43.4 Å². The lowest BCUT2D eigenvalue weighted by Crippen LogP contribution is -2.52. The van der Waals surface area contributed by atoms with E-state index >= 15 is 0 Å². The lowest BCUT2D eigenvalue weighted by molar-refractivity contribution is -0.137. The smallest absolute Gasteiger partial charge is 0.418 e. The van der Waals surface area contributed by atoms with E-state index in [2.05, 4.69) is 10.6 Å². The molecule has 190 valence electrons. The Labute approximate surface area is 200 Å². The van der Waals surface area contributed by atoms with Gasteiger partial charge in [0, 0.05) is 37.6 Å². The topological polar surface area (TPSA) is 104 Å². The maximum absolute atomic E-state index is 13.6. The van der Waals surface area contributed by atoms with Gasteiger partial charge in [0.05, 0.1) is 23.9 Å². The van der Waals surface area contributed by atoms with Crippen molar-refractivity contribution < 1.29 is 36.7 Å². The molecule has 3 amide bonds. The summed E-state index contributed by atoms with van der Waals surface area (Å²) in [5.41, 5.74) is -1.84. The summed E-state index contributed by atoms with van der Waals surface area (Å²) in [5.74, 6) is -1.02. The van der Waals surface area contributed by atoms with Crippen molar-refractivity contribution in [3.8, 4) is 0 Å². The molecule has 1 saturated heterocycles. The van der Waals surface area contributed by atoms with Gasteiger partial charge in [-0.05, 0) is 45.0 Å². The number of carbonyl (C=O) groups excluding carboxylic acids is 3. The van der Waals surface area contributed by atoms with Crippen LogP contribution in [0.2, 0.25) is 0 Å². The van der Waals surface area contributed by atoms with Crippen LogP contribution < -0.4 is 10.6 Å². The average molecular weight is 496 g/mol. The normalized spacial score (nSPS) is 14.5. The Morgan fingerprint density at radius 1 is 1.03 bits per heavy atom. The first-order valence-corrected chi connectivity index (χ1v) is 10.9. The molecule has 12 heteroatoms. The highest BCUT2D eigenvalue weighted by Crippen LogP contribution is 2.36. The lowest BCUT2D eigenvalue weighted by Gasteiger charge is -2.35. The predicted octanol–water partition coefficient (Wildman–Crippen LogP) is 4.04. The van der Waals surface area contributed by atoms with Crippen LogP contribution in [-0.2, 0) is 15.7 Å². The van der Waals surface area contributed by atoms with Crippen molar-refractivity contribution in [2.45, 2.75) is 32.5 Å². The van der Waals surface area contributed by atoms with Crippen molar-refractivity contribution in [3.05, 3.63) is 47.9 Å². The molecular weight excluding hydrogens is 469 g/mol. The van der Waals surface area contributed by atoms with Crippen LogP contribution in [0.15, 0.2) is 41.2 Å². The molecule has 1 aliphatic heterocycles. The fourth-order valence-corrected chi connectivity index (χ4v) is 3.36. The van der Waals surface area contributed by atoms with Gasteiger partial charge in [0.15, 0.2) is 0 Å². The number of rotatable bonds is 5. The highest BCUT2D eigenvalue weighted by Gasteiger charge is 2.34. The first kappa shape index (κ1) is 25.9. The zero-order valence-electron chi connectivity index (χ0n) is 19.6. The number of nitrogens with zero attached hydrogens (tertiary/aromatic N) is 2. The van der Waals surface area contributed by atoms with Crippen LogP contribution >= 0.6 is 0 Å². The first-order valence-electron chi connectivity index (χ1n) is 10.9. The maximum atomic E-state index is 13.6. The van der Waals surface area contributed by atoms with E-state index in [-0.39, 0.29) is 49.7 Å². The molecule has 0 saturated carbocycles. The molecular formula is C23H27F3N4O5. The van der Waals surface area contributed by atoms with E-state index in [0.717, 1.165) is 12.1 Å². The molecule has 3 rings (SSSR count). The number of hydrogen-bond acceptors (Lipinski definition) is 6. The van der Waals surface area contributed by atoms with Crippen LogP contribution in [0.3, 0.4) is 0 Å². The maximum Gasteiger partial charge on any atom is 0.418 e. The van der Waals surface area contributed by atoms with E-state index in [1.54, 1.807) is 20.8 Å². The monoisotopic (exact) mass is 496 g/mol. The molecule has 0 atom stereocenters. The minimum Gasteiger partial charge on any atom is -0.472 e. The first-order chi connectivity index (χ1) is 16.3. The molecule has 2 aromatic rings. The zero-order chi connectivity index (χ0) is 25.8. The Hall–Kier alpha value is -3.70. The average Bonchev–Trinajstić information content (AvgIpc) is 3.31. The van der Waals surface area contributed by atoms with E-state index in [0.29, 0.717) is 0 Å². The van der Waals surface area contributed by atoms with Crippen LogP contribution in [-0.4, -0.2) is 66.0 Å². The second-order valence-corrected chi connectivity index (χ2v) is 8.93. The van der Waals surface area contributed by atoms with Gasteiger partial charge < -0.3 is 29.6 Å². The number of furan rings is 1. The summed E-state index contributed by atoms with van der Waals surface area (Å²) >= 11 is 0. The molecule has 1 fully saturated rings. The number of alkyl halides is 3. The molecule has 0 unspecified atom stereocenters. The summed E-state index contributed by atoms with van der Waals surface area (Å²) in [4.78, 5) is 39.8. The Morgan fingerprint density at radius 2 is 1.69 bits per heavy atom. The minimum atomic E-state index is -4.72. The molecule has 2 N–H and O–H groups in total. The second-order valence-electron chi connectivity index (χ2n) is 8.93. The van der Waals surface area contributed by atoms with E-state index in [4.69, 9.17) is 9.15 Å². The van der Waals surface area contributed by atoms with Gasteiger partial charge in [0.1, 0.15) is 11.9 Å². The van der Waals surface area contributed by atoms with Gasteiger partial charge in [0.25, 0.3) is 5.91 Å². The van der Waals surface area contributed by atoms with Gasteiger partial charge in [-0.15, -0.1) is 0 Å². The van der Waals surface area contributed by atoms with Crippen molar-refractivity contribution in [1.82, 2.24) is 9.80 Å². The number of anilines is 2. The summed E-state index contributed by atoms with van der Waals surface area (Å²) in [7, 11) is 0. The van der Waals surface area contributed by atoms with Gasteiger partial charge in [-0.3, -0.25) is 9.59 Å². The molecule has 2 heterocycles. The number of amides is 3. The highest BCUT2D eigenvalue weighted by molar-refractivity contribution is 6.04. The number of ether oxygens (including phenoxy) is 1. The molecule has 0 aliphatic carbocycles. The van der Waals surface area contributed by atoms with E-state index in [9.17, 15) is 27.6 Å². The molecule has 0 bridgehead atoms.